The van der Waals surface area contributed by atoms with Gasteiger partial charge in [-0.05, 0) is 44.5 Å². The number of nitrogens with one attached hydrogen (secondary N) is 1. The van der Waals surface area contributed by atoms with E-state index in [0.717, 1.165) is 23.5 Å². The number of carbonyl (C=O) groups is 1. The largest absolute Gasteiger partial charge is 0.351 e. The molecule has 0 spiro atoms. The van der Waals surface area contributed by atoms with Crippen molar-refractivity contribution in [3.05, 3.63) is 54.9 Å². The number of carbonyl (C=O) groups excluding carboxylic acids is 1. The van der Waals surface area contributed by atoms with E-state index >= 15 is 0 Å². The molecule has 0 bridgehead atoms. The molecule has 0 fully saturated rings. The van der Waals surface area contributed by atoms with Crippen LogP contribution in [0.4, 0.5) is 0 Å². The number of hydrogen-bond acceptors (Lipinski definition) is 5. The zero-order chi connectivity index (χ0) is 19.3. The Balaban J connectivity index is 1.88. The van der Waals surface area contributed by atoms with E-state index in [1.54, 1.807) is 12.4 Å². The maximum absolute atomic E-state index is 12.3. The second-order valence-corrected chi connectivity index (χ2v) is 7.73. The van der Waals surface area contributed by atoms with Crippen molar-refractivity contribution >= 4 is 17.7 Å². The van der Waals surface area contributed by atoms with Gasteiger partial charge in [-0.3, -0.25) is 14.3 Å². The molecule has 0 aliphatic heterocycles. The SMILES string of the molecule is CCC(C)(C)NC(=O)CSc1nnc(-c2ccncc2)n1-c1ccccc1. The number of pyridine rings is 1. The van der Waals surface area contributed by atoms with Gasteiger partial charge in [0.1, 0.15) is 0 Å². The maximum Gasteiger partial charge on any atom is 0.230 e. The minimum atomic E-state index is -0.215. The minimum absolute atomic E-state index is 0.0140. The molecule has 0 saturated heterocycles. The van der Waals surface area contributed by atoms with Crippen LogP contribution in [0.15, 0.2) is 60.0 Å². The van der Waals surface area contributed by atoms with E-state index < -0.39 is 0 Å². The third kappa shape index (κ3) is 4.74. The third-order valence-corrected chi connectivity index (χ3v) is 5.21. The van der Waals surface area contributed by atoms with E-state index in [2.05, 4.69) is 27.4 Å². The van der Waals surface area contributed by atoms with Gasteiger partial charge in [-0.15, -0.1) is 10.2 Å². The van der Waals surface area contributed by atoms with Crippen molar-refractivity contribution in [1.82, 2.24) is 25.1 Å². The van der Waals surface area contributed by atoms with Gasteiger partial charge >= 0.3 is 0 Å². The fraction of sp³-hybridized carbons (Fsp3) is 0.300. The van der Waals surface area contributed by atoms with Crippen molar-refractivity contribution in [2.45, 2.75) is 37.9 Å². The lowest BCUT2D eigenvalue weighted by atomic mass is 10.0. The Morgan fingerprint density at radius 2 is 1.81 bits per heavy atom. The average molecular weight is 382 g/mol. The van der Waals surface area contributed by atoms with Gasteiger partial charge in [-0.25, -0.2) is 0 Å². The number of thioether (sulfide) groups is 1. The quantitative estimate of drug-likeness (QED) is 0.632. The Morgan fingerprint density at radius 1 is 1.11 bits per heavy atom. The van der Waals surface area contributed by atoms with Crippen molar-refractivity contribution in [3.8, 4) is 17.1 Å². The van der Waals surface area contributed by atoms with Crippen LogP contribution in [-0.4, -0.2) is 36.9 Å². The van der Waals surface area contributed by atoms with E-state index in [4.69, 9.17) is 0 Å². The van der Waals surface area contributed by atoms with Gasteiger partial charge in [0.2, 0.25) is 5.91 Å². The highest BCUT2D eigenvalue weighted by atomic mass is 32.2. The highest BCUT2D eigenvalue weighted by Gasteiger charge is 2.20. The average Bonchev–Trinajstić information content (AvgIpc) is 3.11. The van der Waals surface area contributed by atoms with Crippen molar-refractivity contribution < 1.29 is 4.79 Å². The number of benzene rings is 1. The van der Waals surface area contributed by atoms with Gasteiger partial charge in [-0.2, -0.15) is 0 Å². The van der Waals surface area contributed by atoms with Crippen LogP contribution >= 0.6 is 11.8 Å². The fourth-order valence-corrected chi connectivity index (χ4v) is 3.25. The molecule has 2 aromatic heterocycles. The van der Waals surface area contributed by atoms with Crippen LogP contribution in [0.1, 0.15) is 27.2 Å². The van der Waals surface area contributed by atoms with Gasteiger partial charge in [0, 0.05) is 29.2 Å². The predicted octanol–water partition coefficient (Wildman–Crippen LogP) is 3.73. The Labute approximate surface area is 163 Å². The lowest BCUT2D eigenvalue weighted by Crippen LogP contribution is -2.43. The zero-order valence-electron chi connectivity index (χ0n) is 15.7. The summed E-state index contributed by atoms with van der Waals surface area (Å²) in [5.74, 6) is 0.991. The first-order valence-corrected chi connectivity index (χ1v) is 9.84. The Kier molecular flexibility index (Phi) is 5.91. The van der Waals surface area contributed by atoms with Crippen molar-refractivity contribution in [2.24, 2.45) is 0 Å². The second kappa shape index (κ2) is 8.35. The van der Waals surface area contributed by atoms with Crippen LogP contribution in [0.5, 0.6) is 0 Å². The van der Waals surface area contributed by atoms with Crippen LogP contribution in [0.2, 0.25) is 0 Å². The van der Waals surface area contributed by atoms with E-state index in [0.29, 0.717) is 5.16 Å². The molecule has 3 aromatic rings. The molecule has 0 aliphatic carbocycles. The summed E-state index contributed by atoms with van der Waals surface area (Å²) in [6.07, 6.45) is 4.33. The van der Waals surface area contributed by atoms with E-state index in [9.17, 15) is 4.79 Å². The minimum Gasteiger partial charge on any atom is -0.351 e. The second-order valence-electron chi connectivity index (χ2n) is 6.79. The summed E-state index contributed by atoms with van der Waals surface area (Å²) in [5.41, 5.74) is 1.66. The summed E-state index contributed by atoms with van der Waals surface area (Å²) in [4.78, 5) is 16.4. The maximum atomic E-state index is 12.3. The summed E-state index contributed by atoms with van der Waals surface area (Å²) < 4.78 is 1.97. The molecule has 1 aromatic carbocycles. The molecular formula is C20H23N5OS. The standard InChI is InChI=1S/C20H23N5OS/c1-4-20(2,3)22-17(26)14-27-19-24-23-18(15-10-12-21-13-11-15)25(19)16-8-6-5-7-9-16/h5-13H,4,14H2,1-3H3,(H,22,26). The molecule has 0 radical (unpaired) electrons. The van der Waals surface area contributed by atoms with Crippen LogP contribution in [0, 0.1) is 0 Å². The van der Waals surface area contributed by atoms with Gasteiger partial charge in [0.15, 0.2) is 11.0 Å². The number of nitrogens with zero attached hydrogens (tertiary/aromatic N) is 4. The molecule has 140 valence electrons. The molecule has 0 saturated carbocycles. The predicted molar refractivity (Wildman–Crippen MR) is 108 cm³/mol. The van der Waals surface area contributed by atoms with Crippen LogP contribution < -0.4 is 5.32 Å². The van der Waals surface area contributed by atoms with E-state index in [1.807, 2.05) is 60.9 Å². The Bertz CT molecular complexity index is 893. The topological polar surface area (TPSA) is 72.7 Å². The van der Waals surface area contributed by atoms with Gasteiger partial charge < -0.3 is 5.32 Å². The first kappa shape index (κ1) is 19.1. The molecule has 27 heavy (non-hydrogen) atoms. The Hall–Kier alpha value is -2.67. The van der Waals surface area contributed by atoms with E-state index in [1.165, 1.54) is 11.8 Å². The molecule has 0 unspecified atom stereocenters. The molecule has 1 amide bonds. The van der Waals surface area contributed by atoms with Crippen LogP contribution in [0.25, 0.3) is 17.1 Å². The molecule has 3 rings (SSSR count). The highest BCUT2D eigenvalue weighted by molar-refractivity contribution is 7.99. The summed E-state index contributed by atoms with van der Waals surface area (Å²) in [5, 5.41) is 12.4. The Morgan fingerprint density at radius 3 is 2.48 bits per heavy atom. The number of rotatable bonds is 7. The third-order valence-electron chi connectivity index (χ3n) is 4.28. The summed E-state index contributed by atoms with van der Waals surface area (Å²) in [6, 6.07) is 13.7. The summed E-state index contributed by atoms with van der Waals surface area (Å²) in [7, 11) is 0. The summed E-state index contributed by atoms with van der Waals surface area (Å²) in [6.45, 7) is 6.09. The number of para-hydroxylation sites is 1. The molecule has 2 heterocycles. The normalized spacial score (nSPS) is 11.4. The number of hydrogen-bond donors (Lipinski definition) is 1. The lowest BCUT2D eigenvalue weighted by molar-refractivity contribution is -0.120. The number of aromatic nitrogens is 4. The smallest absolute Gasteiger partial charge is 0.230 e. The first-order chi connectivity index (χ1) is 13.0. The van der Waals surface area contributed by atoms with Crippen LogP contribution in [-0.2, 0) is 4.79 Å². The first-order valence-electron chi connectivity index (χ1n) is 8.85. The van der Waals surface area contributed by atoms with E-state index in [-0.39, 0.29) is 17.2 Å². The highest BCUT2D eigenvalue weighted by Crippen LogP contribution is 2.27. The fourth-order valence-electron chi connectivity index (χ4n) is 2.49. The lowest BCUT2D eigenvalue weighted by Gasteiger charge is -2.24. The molecule has 0 aliphatic rings. The molecule has 6 nitrogen and oxygen atoms in total. The molecule has 1 N–H and O–H groups in total. The molecular weight excluding hydrogens is 358 g/mol. The summed E-state index contributed by atoms with van der Waals surface area (Å²) >= 11 is 1.38. The van der Waals surface area contributed by atoms with Gasteiger partial charge in [-0.1, -0.05) is 36.9 Å². The zero-order valence-corrected chi connectivity index (χ0v) is 16.5. The van der Waals surface area contributed by atoms with Crippen molar-refractivity contribution in [2.75, 3.05) is 5.75 Å². The number of amides is 1. The van der Waals surface area contributed by atoms with Crippen molar-refractivity contribution in [1.29, 1.82) is 0 Å². The van der Waals surface area contributed by atoms with Crippen LogP contribution in [0.3, 0.4) is 0 Å². The van der Waals surface area contributed by atoms with Crippen molar-refractivity contribution in [3.63, 3.8) is 0 Å². The van der Waals surface area contributed by atoms with Gasteiger partial charge in [0.25, 0.3) is 0 Å². The molecule has 7 heteroatoms. The van der Waals surface area contributed by atoms with Gasteiger partial charge in [0.05, 0.1) is 5.75 Å². The monoisotopic (exact) mass is 381 g/mol. The molecule has 0 atom stereocenters.